The highest BCUT2D eigenvalue weighted by Crippen LogP contribution is 2.45. The number of aromatic amines is 1. The molecule has 0 atom stereocenters. The predicted molar refractivity (Wildman–Crippen MR) is 160 cm³/mol. The number of pyridine rings is 1. The molecular formula is C31H42F2N4O5. The number of nitrogens with zero attached hydrogens (tertiary/aromatic N) is 3. The number of aromatic nitrogens is 1. The van der Waals surface area contributed by atoms with E-state index in [9.17, 15) is 23.5 Å². The first-order valence-corrected chi connectivity index (χ1v) is 14.1. The molecule has 0 saturated carbocycles. The first-order valence-electron chi connectivity index (χ1n) is 14.1. The summed E-state index contributed by atoms with van der Waals surface area (Å²) >= 11 is 0. The molecule has 2 aromatic rings. The highest BCUT2D eigenvalue weighted by Gasteiger charge is 2.34. The summed E-state index contributed by atoms with van der Waals surface area (Å²) in [5, 5.41) is 11.6. The lowest BCUT2D eigenvalue weighted by atomic mass is 9.95. The maximum Gasteiger partial charge on any atom is 0.266 e. The smallest absolute Gasteiger partial charge is 0.266 e. The molecule has 0 unspecified atom stereocenters. The van der Waals surface area contributed by atoms with Crippen molar-refractivity contribution in [2.24, 2.45) is 4.99 Å². The topological polar surface area (TPSA) is 107 Å². The van der Waals surface area contributed by atoms with E-state index in [0.29, 0.717) is 47.8 Å². The second-order valence-electron chi connectivity index (χ2n) is 11.0. The van der Waals surface area contributed by atoms with Gasteiger partial charge in [0.05, 0.1) is 25.3 Å². The lowest BCUT2D eigenvalue weighted by Gasteiger charge is -2.41. The summed E-state index contributed by atoms with van der Waals surface area (Å²) in [5.41, 5.74) is -0.555. The van der Waals surface area contributed by atoms with Crippen LogP contribution in [0.3, 0.4) is 0 Å². The van der Waals surface area contributed by atoms with E-state index in [1.165, 1.54) is 38.3 Å². The molecule has 1 amide bonds. The molecule has 230 valence electrons. The van der Waals surface area contributed by atoms with Gasteiger partial charge in [0.2, 0.25) is 0 Å². The zero-order valence-corrected chi connectivity index (χ0v) is 25.5. The van der Waals surface area contributed by atoms with Gasteiger partial charge in [0.15, 0.2) is 0 Å². The maximum absolute atomic E-state index is 13.7. The standard InChI is InChI=1S/C31H42F2N4O5/c1-8-9-11-21-24(25-22(41-6)12-10-13-23(25)42-7)27(38)26(28(39)35-21)29(40)36-16-18-37(19-17-36)30(3,4)34-15-14-20(2)31(5,32)33/h10,12-15H,8-9,11,16-19H2,1-7H3,(H2,35,38,39)/b20-14+,34-15-. The van der Waals surface area contributed by atoms with Gasteiger partial charge >= 0.3 is 0 Å². The Labute approximate surface area is 245 Å². The normalized spacial score (nSPS) is 15.4. The second-order valence-corrected chi connectivity index (χ2v) is 11.0. The van der Waals surface area contributed by atoms with Gasteiger partial charge in [-0.05, 0) is 57.4 Å². The Hall–Kier alpha value is -3.73. The molecule has 2 N–H and O–H groups in total. The van der Waals surface area contributed by atoms with Crippen LogP contribution in [0.15, 0.2) is 39.6 Å². The highest BCUT2D eigenvalue weighted by atomic mass is 19.3. The molecule has 1 aromatic heterocycles. The summed E-state index contributed by atoms with van der Waals surface area (Å²) in [5.74, 6) is -3.07. The minimum Gasteiger partial charge on any atom is -0.506 e. The van der Waals surface area contributed by atoms with Crippen molar-refractivity contribution in [1.82, 2.24) is 14.8 Å². The molecular weight excluding hydrogens is 546 g/mol. The van der Waals surface area contributed by atoms with Gasteiger partial charge in [-0.3, -0.25) is 19.5 Å². The van der Waals surface area contributed by atoms with Crippen LogP contribution in [-0.4, -0.2) is 84.0 Å². The van der Waals surface area contributed by atoms with E-state index in [-0.39, 0.29) is 24.2 Å². The minimum atomic E-state index is -2.92. The Morgan fingerprint density at radius 2 is 1.69 bits per heavy atom. The van der Waals surface area contributed by atoms with E-state index in [1.54, 1.807) is 18.2 Å². The minimum absolute atomic E-state index is 0.0895. The fourth-order valence-electron chi connectivity index (χ4n) is 4.92. The number of carbonyl (C=O) groups is 1. The molecule has 3 rings (SSSR count). The number of amides is 1. The number of alkyl halides is 2. The van der Waals surface area contributed by atoms with Crippen molar-refractivity contribution in [2.45, 2.75) is 65.5 Å². The number of allylic oxidation sites excluding steroid dienone is 2. The van der Waals surface area contributed by atoms with Crippen molar-refractivity contribution in [3.8, 4) is 28.4 Å². The monoisotopic (exact) mass is 588 g/mol. The van der Waals surface area contributed by atoms with Crippen LogP contribution in [0.25, 0.3) is 11.1 Å². The van der Waals surface area contributed by atoms with E-state index >= 15 is 0 Å². The second kappa shape index (κ2) is 13.5. The largest absolute Gasteiger partial charge is 0.506 e. The Balaban J connectivity index is 1.93. The van der Waals surface area contributed by atoms with Crippen LogP contribution < -0.4 is 15.0 Å². The first-order chi connectivity index (χ1) is 19.8. The molecule has 0 spiro atoms. The van der Waals surface area contributed by atoms with E-state index < -0.39 is 28.8 Å². The molecule has 42 heavy (non-hydrogen) atoms. The van der Waals surface area contributed by atoms with Crippen molar-refractivity contribution >= 4 is 12.1 Å². The number of hydrogen-bond acceptors (Lipinski definition) is 7. The van der Waals surface area contributed by atoms with Crippen LogP contribution >= 0.6 is 0 Å². The summed E-state index contributed by atoms with van der Waals surface area (Å²) in [6, 6.07) is 5.20. The molecule has 0 bridgehead atoms. The first kappa shape index (κ1) is 32.8. The lowest BCUT2D eigenvalue weighted by molar-refractivity contribution is 0.0425. The Morgan fingerprint density at radius 3 is 2.21 bits per heavy atom. The molecule has 1 fully saturated rings. The van der Waals surface area contributed by atoms with E-state index in [0.717, 1.165) is 19.8 Å². The fourth-order valence-corrected chi connectivity index (χ4v) is 4.92. The molecule has 1 aliphatic rings. The molecule has 1 aromatic carbocycles. The van der Waals surface area contributed by atoms with Gasteiger partial charge in [0, 0.05) is 45.0 Å². The van der Waals surface area contributed by atoms with Crippen molar-refractivity contribution < 1.29 is 28.2 Å². The predicted octanol–water partition coefficient (Wildman–Crippen LogP) is 5.27. The number of benzene rings is 1. The third-order valence-corrected chi connectivity index (χ3v) is 7.69. The van der Waals surface area contributed by atoms with Crippen LogP contribution in [0.1, 0.15) is 63.5 Å². The van der Waals surface area contributed by atoms with E-state index in [4.69, 9.17) is 9.47 Å². The van der Waals surface area contributed by atoms with Crippen molar-refractivity contribution in [2.75, 3.05) is 40.4 Å². The van der Waals surface area contributed by atoms with Crippen LogP contribution in [0.5, 0.6) is 17.2 Å². The average molecular weight is 589 g/mol. The number of H-pyrrole nitrogens is 1. The Bertz CT molecular complexity index is 1360. The van der Waals surface area contributed by atoms with Crippen LogP contribution in [0.2, 0.25) is 0 Å². The summed E-state index contributed by atoms with van der Waals surface area (Å²) in [4.78, 5) is 37.8. The average Bonchev–Trinajstić information content (AvgIpc) is 2.95. The number of aliphatic imine (C=N–C) groups is 1. The number of nitrogens with one attached hydrogen (secondary N) is 1. The molecule has 1 saturated heterocycles. The summed E-state index contributed by atoms with van der Waals surface area (Å²) in [7, 11) is 3.00. The molecule has 1 aliphatic heterocycles. The van der Waals surface area contributed by atoms with Gasteiger partial charge in [0.1, 0.15) is 28.5 Å². The van der Waals surface area contributed by atoms with E-state index in [2.05, 4.69) is 9.98 Å². The van der Waals surface area contributed by atoms with Gasteiger partial charge in [-0.15, -0.1) is 0 Å². The van der Waals surface area contributed by atoms with Crippen LogP contribution in [0.4, 0.5) is 8.78 Å². The van der Waals surface area contributed by atoms with Gasteiger partial charge in [-0.2, -0.15) is 0 Å². The Kier molecular flexibility index (Phi) is 10.5. The number of piperazine rings is 1. The Morgan fingerprint density at radius 1 is 1.10 bits per heavy atom. The number of carbonyl (C=O) groups excluding carboxylic acids is 1. The number of rotatable bonds is 11. The SMILES string of the molecule is CCCCc1[nH]c(=O)c(C(=O)N2CCN(C(C)(C)/N=C\C=C(/C)C(C)(F)F)CC2)c(O)c1-c1c(OC)cccc1OC. The van der Waals surface area contributed by atoms with Crippen molar-refractivity contribution in [3.05, 3.63) is 51.5 Å². The van der Waals surface area contributed by atoms with Gasteiger partial charge in [-0.25, -0.2) is 8.78 Å². The number of hydrogen-bond donors (Lipinski definition) is 2. The maximum atomic E-state index is 13.7. The zero-order valence-electron chi connectivity index (χ0n) is 25.5. The number of aryl methyl sites for hydroxylation is 1. The van der Waals surface area contributed by atoms with Crippen LogP contribution in [-0.2, 0) is 6.42 Å². The molecule has 2 heterocycles. The van der Waals surface area contributed by atoms with Crippen molar-refractivity contribution in [3.63, 3.8) is 0 Å². The number of aromatic hydroxyl groups is 1. The van der Waals surface area contributed by atoms with Gasteiger partial charge < -0.3 is 24.5 Å². The molecule has 9 nitrogen and oxygen atoms in total. The zero-order chi connectivity index (χ0) is 31.2. The third-order valence-electron chi connectivity index (χ3n) is 7.69. The fraction of sp³-hybridized carbons (Fsp3) is 0.516. The van der Waals surface area contributed by atoms with Gasteiger partial charge in [-0.1, -0.05) is 19.4 Å². The molecule has 0 aliphatic carbocycles. The summed E-state index contributed by atoms with van der Waals surface area (Å²) in [6.45, 7) is 9.38. The number of ether oxygens (including phenoxy) is 2. The number of unbranched alkanes of at least 4 members (excludes halogenated alkanes) is 1. The van der Waals surface area contributed by atoms with E-state index in [1.807, 2.05) is 25.7 Å². The summed E-state index contributed by atoms with van der Waals surface area (Å²) in [6.07, 6.45) is 4.77. The van der Waals surface area contributed by atoms with Crippen molar-refractivity contribution in [1.29, 1.82) is 0 Å². The third kappa shape index (κ3) is 7.18. The highest BCUT2D eigenvalue weighted by molar-refractivity contribution is 6.00. The molecule has 11 heteroatoms. The number of halogens is 2. The number of methoxy groups -OCH3 is 2. The lowest BCUT2D eigenvalue weighted by Crippen LogP contribution is -2.55. The quantitative estimate of drug-likeness (QED) is 0.346. The molecule has 0 radical (unpaired) electrons. The summed E-state index contributed by atoms with van der Waals surface area (Å²) < 4.78 is 38.0. The van der Waals surface area contributed by atoms with Gasteiger partial charge in [0.25, 0.3) is 17.4 Å². The van der Waals surface area contributed by atoms with Crippen LogP contribution in [0, 0.1) is 0 Å².